The molecule has 0 atom stereocenters. The van der Waals surface area contributed by atoms with Crippen LogP contribution >= 0.6 is 0 Å². The lowest BCUT2D eigenvalue weighted by Gasteiger charge is -2.32. The van der Waals surface area contributed by atoms with Crippen LogP contribution in [0, 0.1) is 0 Å². The number of hydrogen-bond donors (Lipinski definition) is 0. The maximum absolute atomic E-state index is 6.63. The Morgan fingerprint density at radius 2 is 1.05 bits per heavy atom. The number of anilines is 3. The summed E-state index contributed by atoms with van der Waals surface area (Å²) in [5, 5.41) is 9.67. The van der Waals surface area contributed by atoms with Gasteiger partial charge in [0, 0.05) is 32.9 Å². The fourth-order valence-corrected chi connectivity index (χ4v) is 10.0. The van der Waals surface area contributed by atoms with Gasteiger partial charge in [-0.1, -0.05) is 166 Å². The molecule has 0 spiro atoms. The average Bonchev–Trinajstić information content (AvgIpc) is 3.79. The van der Waals surface area contributed by atoms with Crippen molar-refractivity contribution in [2.75, 3.05) is 4.90 Å². The predicted octanol–water partition coefficient (Wildman–Crippen LogP) is 16.2. The van der Waals surface area contributed by atoms with E-state index in [1.165, 1.54) is 66.0 Å². The highest BCUT2D eigenvalue weighted by atomic mass is 16.3. The maximum atomic E-state index is 6.63. The topological polar surface area (TPSA) is 16.4 Å². The number of hydrogen-bond acceptors (Lipinski definition) is 2. The first-order valence-electron chi connectivity index (χ1n) is 20.5. The van der Waals surface area contributed by atoms with Gasteiger partial charge < -0.3 is 9.32 Å². The molecule has 2 nitrogen and oxygen atoms in total. The van der Waals surface area contributed by atoms with Gasteiger partial charge in [0.05, 0.1) is 5.69 Å². The molecule has 0 radical (unpaired) electrons. The Morgan fingerprint density at radius 3 is 1.93 bits per heavy atom. The third-order valence-electron chi connectivity index (χ3n) is 12.8. The third kappa shape index (κ3) is 5.13. The first kappa shape index (κ1) is 33.7. The van der Waals surface area contributed by atoms with Crippen LogP contribution in [0.4, 0.5) is 17.1 Å². The summed E-state index contributed by atoms with van der Waals surface area (Å²) in [4.78, 5) is 2.47. The molecule has 0 unspecified atom stereocenters. The molecule has 10 aromatic carbocycles. The second kappa shape index (κ2) is 12.8. The fraction of sp³-hybridized carbons (Fsp3) is 0.0526. The zero-order valence-electron chi connectivity index (χ0n) is 32.9. The van der Waals surface area contributed by atoms with Crippen LogP contribution in [0.25, 0.3) is 87.6 Å². The molecule has 0 N–H and O–H groups in total. The summed E-state index contributed by atoms with van der Waals surface area (Å²) in [5.74, 6) is 0. The molecule has 0 aliphatic heterocycles. The molecule has 1 aromatic heterocycles. The third-order valence-corrected chi connectivity index (χ3v) is 12.8. The van der Waals surface area contributed by atoms with Crippen LogP contribution < -0.4 is 4.90 Å². The average molecular weight is 754 g/mol. The highest BCUT2D eigenvalue weighted by Gasteiger charge is 2.38. The number of benzene rings is 10. The molecular weight excluding hydrogens is 715 g/mol. The number of nitrogens with zero attached hydrogens (tertiary/aromatic N) is 1. The molecule has 0 saturated heterocycles. The molecule has 59 heavy (non-hydrogen) atoms. The quantitative estimate of drug-likeness (QED) is 0.163. The fourth-order valence-electron chi connectivity index (χ4n) is 10.0. The SMILES string of the molecule is CC1(C)c2ccccc2-c2cccc(N(c3ccc(-c4ccc5c(ccc6ccccc65)c4)cc3)c3cccc(-c4cccc5oc6c7ccccc7ccc6c45)c3)c21. The molecule has 0 saturated carbocycles. The Bertz CT molecular complexity index is 3480. The van der Waals surface area contributed by atoms with Crippen LogP contribution in [0.2, 0.25) is 0 Å². The monoisotopic (exact) mass is 753 g/mol. The van der Waals surface area contributed by atoms with Gasteiger partial charge in [-0.25, -0.2) is 0 Å². The van der Waals surface area contributed by atoms with Crippen molar-refractivity contribution >= 4 is 71.3 Å². The first-order valence-corrected chi connectivity index (χ1v) is 20.5. The minimum Gasteiger partial charge on any atom is -0.455 e. The summed E-state index contributed by atoms with van der Waals surface area (Å²) in [5.41, 5.74) is 15.0. The predicted molar refractivity (Wildman–Crippen MR) is 249 cm³/mol. The summed E-state index contributed by atoms with van der Waals surface area (Å²) < 4.78 is 6.63. The van der Waals surface area contributed by atoms with Crippen LogP contribution in [0.3, 0.4) is 0 Å². The molecule has 278 valence electrons. The highest BCUT2D eigenvalue weighted by molar-refractivity contribution is 6.19. The van der Waals surface area contributed by atoms with Crippen molar-refractivity contribution in [1.82, 2.24) is 0 Å². The van der Waals surface area contributed by atoms with Crippen molar-refractivity contribution in [3.8, 4) is 33.4 Å². The molecule has 0 amide bonds. The van der Waals surface area contributed by atoms with E-state index in [-0.39, 0.29) is 5.41 Å². The van der Waals surface area contributed by atoms with E-state index in [1.807, 2.05) is 0 Å². The summed E-state index contributed by atoms with van der Waals surface area (Å²) in [6, 6.07) is 73.2. The van der Waals surface area contributed by atoms with Gasteiger partial charge in [-0.3, -0.25) is 0 Å². The lowest BCUT2D eigenvalue weighted by Crippen LogP contribution is -2.20. The van der Waals surface area contributed by atoms with Crippen molar-refractivity contribution < 1.29 is 4.42 Å². The van der Waals surface area contributed by atoms with E-state index in [2.05, 4.69) is 219 Å². The van der Waals surface area contributed by atoms with Crippen LogP contribution in [0.5, 0.6) is 0 Å². The van der Waals surface area contributed by atoms with Crippen LogP contribution in [-0.4, -0.2) is 0 Å². The van der Waals surface area contributed by atoms with E-state index < -0.39 is 0 Å². The summed E-state index contributed by atoms with van der Waals surface area (Å²) in [6.07, 6.45) is 0. The first-order chi connectivity index (χ1) is 29.0. The van der Waals surface area contributed by atoms with E-state index in [9.17, 15) is 0 Å². The van der Waals surface area contributed by atoms with Crippen LogP contribution in [0.1, 0.15) is 25.0 Å². The number of fused-ring (bicyclic) bond motifs is 11. The van der Waals surface area contributed by atoms with Gasteiger partial charge in [-0.05, 0) is 120 Å². The number of rotatable bonds is 5. The van der Waals surface area contributed by atoms with E-state index in [4.69, 9.17) is 4.42 Å². The molecule has 1 aliphatic rings. The van der Waals surface area contributed by atoms with E-state index in [1.54, 1.807) is 0 Å². The van der Waals surface area contributed by atoms with Gasteiger partial charge in [0.25, 0.3) is 0 Å². The largest absolute Gasteiger partial charge is 0.455 e. The second-order valence-corrected chi connectivity index (χ2v) is 16.5. The van der Waals surface area contributed by atoms with Crippen molar-refractivity contribution in [2.24, 2.45) is 0 Å². The summed E-state index contributed by atoms with van der Waals surface area (Å²) in [6.45, 7) is 4.74. The molecule has 2 heteroatoms. The van der Waals surface area contributed by atoms with E-state index >= 15 is 0 Å². The molecule has 12 rings (SSSR count). The molecule has 1 aliphatic carbocycles. The van der Waals surface area contributed by atoms with Gasteiger partial charge in [0.2, 0.25) is 0 Å². The Balaban J connectivity index is 1.03. The van der Waals surface area contributed by atoms with Gasteiger partial charge in [0.15, 0.2) is 0 Å². The van der Waals surface area contributed by atoms with Crippen molar-refractivity contribution in [1.29, 1.82) is 0 Å². The minimum absolute atomic E-state index is 0.197. The molecular formula is C57H39NO. The Hall–Kier alpha value is -7.42. The standard InChI is InChI=1S/C57H39NO/c1-57(2)51-21-8-7-18-48(51)49-20-10-22-52(55(49)57)58(42-30-26-36(27-31-42)39-29-32-45-41(34-39)25-24-37-12-3-5-16-44(37)45)43-15-9-14-40(35-43)46-19-11-23-53-54(46)50-33-28-38-13-4-6-17-47(38)56(50)59-53/h3-35H,1-2H3. The van der Waals surface area contributed by atoms with Crippen molar-refractivity contribution in [3.05, 3.63) is 211 Å². The maximum Gasteiger partial charge on any atom is 0.143 e. The van der Waals surface area contributed by atoms with Crippen molar-refractivity contribution in [2.45, 2.75) is 19.3 Å². The zero-order chi connectivity index (χ0) is 39.2. The Kier molecular flexibility index (Phi) is 7.31. The molecule has 0 fully saturated rings. The minimum atomic E-state index is -0.197. The molecule has 1 heterocycles. The zero-order valence-corrected chi connectivity index (χ0v) is 32.9. The summed E-state index contributed by atoms with van der Waals surface area (Å²) >= 11 is 0. The highest BCUT2D eigenvalue weighted by Crippen LogP contribution is 2.54. The Labute approximate surface area is 343 Å². The smallest absolute Gasteiger partial charge is 0.143 e. The molecule has 11 aromatic rings. The Morgan fingerprint density at radius 1 is 0.407 bits per heavy atom. The van der Waals surface area contributed by atoms with E-state index in [0.29, 0.717) is 0 Å². The second-order valence-electron chi connectivity index (χ2n) is 16.5. The normalized spacial score (nSPS) is 13.1. The van der Waals surface area contributed by atoms with Gasteiger partial charge in [0.1, 0.15) is 11.2 Å². The lowest BCUT2D eigenvalue weighted by atomic mass is 9.81. The van der Waals surface area contributed by atoms with E-state index in [0.717, 1.165) is 49.8 Å². The molecule has 0 bridgehead atoms. The van der Waals surface area contributed by atoms with Crippen LogP contribution in [-0.2, 0) is 5.41 Å². The lowest BCUT2D eigenvalue weighted by molar-refractivity contribution is 0.661. The van der Waals surface area contributed by atoms with Gasteiger partial charge in [-0.15, -0.1) is 0 Å². The van der Waals surface area contributed by atoms with Crippen LogP contribution in [0.15, 0.2) is 205 Å². The van der Waals surface area contributed by atoms with Gasteiger partial charge in [-0.2, -0.15) is 0 Å². The summed E-state index contributed by atoms with van der Waals surface area (Å²) in [7, 11) is 0. The number of furan rings is 1. The van der Waals surface area contributed by atoms with Gasteiger partial charge >= 0.3 is 0 Å². The van der Waals surface area contributed by atoms with Crippen molar-refractivity contribution in [3.63, 3.8) is 0 Å².